The van der Waals surface area contributed by atoms with Gasteiger partial charge in [-0.1, -0.05) is 55.6 Å². The summed E-state index contributed by atoms with van der Waals surface area (Å²) in [6, 6.07) is 3.95. The lowest BCUT2D eigenvalue weighted by Gasteiger charge is -2.44. The molecule has 0 heterocycles. The van der Waals surface area contributed by atoms with Crippen LogP contribution in [0.15, 0.2) is 58.3 Å². The van der Waals surface area contributed by atoms with Crippen LogP contribution in [0.2, 0.25) is 0 Å². The maximum atomic E-state index is 12.5. The van der Waals surface area contributed by atoms with Crippen molar-refractivity contribution in [2.24, 2.45) is 28.3 Å². The number of nitro benzene ring substituents is 1. The fraction of sp³-hybridized carbons (Fsp3) is 0.639. The van der Waals surface area contributed by atoms with Crippen LogP contribution in [0, 0.1) is 33.3 Å². The number of nitrogens with zero attached hydrogens (tertiary/aromatic N) is 4. The smallest absolute Gasteiger partial charge is 0.325 e. The fourth-order valence-electron chi connectivity index (χ4n) is 8.25. The van der Waals surface area contributed by atoms with E-state index in [1.165, 1.54) is 43.4 Å². The summed E-state index contributed by atoms with van der Waals surface area (Å²) in [7, 11) is 0. The molecule has 11 nitrogen and oxygen atoms in total. The highest BCUT2D eigenvalue weighted by molar-refractivity contribution is 5.77. The first-order chi connectivity index (χ1) is 22.3. The van der Waals surface area contributed by atoms with Crippen molar-refractivity contribution in [2.75, 3.05) is 18.5 Å². The third kappa shape index (κ3) is 9.69. The Morgan fingerprint density at radius 1 is 1.28 bits per heavy atom. The van der Waals surface area contributed by atoms with Crippen molar-refractivity contribution in [3.63, 3.8) is 0 Å². The number of anilines is 1. The van der Waals surface area contributed by atoms with E-state index in [1.54, 1.807) is 0 Å². The van der Waals surface area contributed by atoms with Crippen molar-refractivity contribution in [3.8, 4) is 0 Å². The second-order valence-electron chi connectivity index (χ2n) is 14.5. The zero-order chi connectivity index (χ0) is 34.2. The molecule has 0 aromatic heterocycles. The van der Waals surface area contributed by atoms with Gasteiger partial charge < -0.3 is 20.3 Å². The molecule has 3 N–H and O–H groups in total. The molecule has 0 saturated heterocycles. The molecule has 3 saturated carbocycles. The van der Waals surface area contributed by atoms with E-state index in [2.05, 4.69) is 41.3 Å². The topological polar surface area (TPSA) is 171 Å². The van der Waals surface area contributed by atoms with Crippen LogP contribution in [0.5, 0.6) is 0 Å². The number of hydrogen-bond acceptors (Lipinski definition) is 8. The Balaban J connectivity index is 1.38. The van der Waals surface area contributed by atoms with Crippen molar-refractivity contribution in [2.45, 2.75) is 110 Å². The van der Waals surface area contributed by atoms with Gasteiger partial charge in [0.25, 0.3) is 5.69 Å². The first kappa shape index (κ1) is 36.2. The van der Waals surface area contributed by atoms with E-state index >= 15 is 0 Å². The number of azide groups is 1. The van der Waals surface area contributed by atoms with E-state index in [1.807, 2.05) is 19.9 Å². The van der Waals surface area contributed by atoms with Gasteiger partial charge in [0, 0.05) is 16.7 Å². The summed E-state index contributed by atoms with van der Waals surface area (Å²) in [5, 5.41) is 38.2. The van der Waals surface area contributed by atoms with Crippen LogP contribution < -0.4 is 5.32 Å². The molecular formula is C36H51N5O6. The predicted molar refractivity (Wildman–Crippen MR) is 183 cm³/mol. The summed E-state index contributed by atoms with van der Waals surface area (Å²) in [4.78, 5) is 25.9. The standard InChI is InChI=1S/C36H51N5O6/c1-24(7-5-18-35(2,3)44)30-14-15-31-26(8-6-19-36(30,31)4)9-10-27-21-29(42)13-11-25(27)17-20-47-34(43)23-38-32-16-12-28(39-40-37)22-33(32)41(45)46/h9-10,12,16-17,22,24,29-31,38,42,44H,5-8,11,13-15,18-21,23H2,1-4H3/b25-17+,26-9+,27-10-/t24-,29+,30-,31?,36-/m1/s1. The van der Waals surface area contributed by atoms with Crippen LogP contribution in [0.25, 0.3) is 10.4 Å². The van der Waals surface area contributed by atoms with Crippen LogP contribution >= 0.6 is 0 Å². The molecule has 1 aromatic carbocycles. The van der Waals surface area contributed by atoms with Gasteiger partial charge in [-0.2, -0.15) is 0 Å². The SMILES string of the molecule is C[C@H](CCCC(C)(C)O)[C@H]1CCC2/C(=C/C=C3/C[C@@H](O)CC/C3=C\COC(=O)CNc3ccc(N=[N+]=[N-])cc3[N+](=O)[O-])CCC[C@@]21C. The molecule has 0 spiro atoms. The first-order valence-corrected chi connectivity index (χ1v) is 17.0. The Morgan fingerprint density at radius 3 is 2.79 bits per heavy atom. The number of carbonyl (C=O) groups is 1. The third-order valence-corrected chi connectivity index (χ3v) is 10.6. The molecular weight excluding hydrogens is 598 g/mol. The number of rotatable bonds is 13. The Morgan fingerprint density at radius 2 is 2.06 bits per heavy atom. The number of allylic oxidation sites excluding steroid dienone is 4. The molecule has 1 unspecified atom stereocenters. The molecule has 3 aliphatic rings. The number of fused-ring (bicyclic) bond motifs is 1. The molecule has 0 radical (unpaired) electrons. The van der Waals surface area contributed by atoms with Crippen LogP contribution in [-0.4, -0.2) is 46.0 Å². The molecule has 3 fully saturated rings. The number of nitrogens with one attached hydrogen (secondary N) is 1. The predicted octanol–water partition coefficient (Wildman–Crippen LogP) is 8.61. The van der Waals surface area contributed by atoms with Gasteiger partial charge in [-0.25, -0.2) is 0 Å². The van der Waals surface area contributed by atoms with Gasteiger partial charge >= 0.3 is 5.97 Å². The Hall–Kier alpha value is -3.66. The number of esters is 1. The maximum absolute atomic E-state index is 12.5. The molecule has 1 aromatic rings. The lowest BCUT2D eigenvalue weighted by Crippen LogP contribution is -2.36. The van der Waals surface area contributed by atoms with E-state index in [0.29, 0.717) is 37.0 Å². The fourth-order valence-corrected chi connectivity index (χ4v) is 8.25. The molecule has 11 heteroatoms. The summed E-state index contributed by atoms with van der Waals surface area (Å²) in [5.74, 6) is 1.32. The molecule has 256 valence electrons. The molecule has 0 bridgehead atoms. The largest absolute Gasteiger partial charge is 0.460 e. The van der Waals surface area contributed by atoms with Crippen molar-refractivity contribution < 1.29 is 24.7 Å². The number of benzene rings is 1. The Kier molecular flexibility index (Phi) is 12.3. The summed E-state index contributed by atoms with van der Waals surface area (Å²) < 4.78 is 5.42. The minimum Gasteiger partial charge on any atom is -0.460 e. The van der Waals surface area contributed by atoms with E-state index in [-0.39, 0.29) is 35.6 Å². The number of aliphatic hydroxyl groups is 2. The van der Waals surface area contributed by atoms with E-state index in [4.69, 9.17) is 10.3 Å². The lowest BCUT2D eigenvalue weighted by molar-refractivity contribution is -0.383. The van der Waals surface area contributed by atoms with Gasteiger partial charge in [-0.15, -0.1) is 0 Å². The average molecular weight is 650 g/mol. The van der Waals surface area contributed by atoms with E-state index in [9.17, 15) is 25.1 Å². The lowest BCUT2D eigenvalue weighted by atomic mass is 9.60. The number of nitro groups is 1. The zero-order valence-corrected chi connectivity index (χ0v) is 28.3. The highest BCUT2D eigenvalue weighted by atomic mass is 16.6. The van der Waals surface area contributed by atoms with Crippen LogP contribution in [0.1, 0.15) is 98.3 Å². The van der Waals surface area contributed by atoms with Crippen LogP contribution in [-0.2, 0) is 9.53 Å². The average Bonchev–Trinajstić information content (AvgIpc) is 3.37. The van der Waals surface area contributed by atoms with Crippen molar-refractivity contribution in [3.05, 3.63) is 73.7 Å². The van der Waals surface area contributed by atoms with Crippen molar-refractivity contribution in [1.29, 1.82) is 0 Å². The normalized spacial score (nSPS) is 27.7. The molecule has 0 aliphatic heterocycles. The molecule has 3 aliphatic carbocycles. The van der Waals surface area contributed by atoms with E-state index < -0.39 is 22.6 Å². The van der Waals surface area contributed by atoms with Crippen LogP contribution in [0.3, 0.4) is 0 Å². The number of carbonyl (C=O) groups excluding carboxylic acids is 1. The van der Waals surface area contributed by atoms with Gasteiger partial charge in [0.15, 0.2) is 0 Å². The first-order valence-electron chi connectivity index (χ1n) is 17.0. The highest BCUT2D eigenvalue weighted by Gasteiger charge is 2.50. The minimum absolute atomic E-state index is 0.0610. The summed E-state index contributed by atoms with van der Waals surface area (Å²) in [5.41, 5.74) is 11.8. The second-order valence-corrected chi connectivity index (χ2v) is 14.5. The molecule has 0 amide bonds. The highest BCUT2D eigenvalue weighted by Crippen LogP contribution is 2.60. The third-order valence-electron chi connectivity index (χ3n) is 10.6. The number of hydrogen-bond donors (Lipinski definition) is 3. The Labute approximate surface area is 277 Å². The molecule has 5 atom stereocenters. The zero-order valence-electron chi connectivity index (χ0n) is 28.3. The molecule has 4 rings (SSSR count). The van der Waals surface area contributed by atoms with Crippen molar-refractivity contribution >= 4 is 23.0 Å². The maximum Gasteiger partial charge on any atom is 0.325 e. The summed E-state index contributed by atoms with van der Waals surface area (Å²) >= 11 is 0. The van der Waals surface area contributed by atoms with E-state index in [0.717, 1.165) is 42.9 Å². The molecule has 47 heavy (non-hydrogen) atoms. The summed E-state index contributed by atoms with van der Waals surface area (Å²) in [6.45, 7) is 8.48. The second kappa shape index (κ2) is 16.0. The van der Waals surface area contributed by atoms with Gasteiger partial charge in [0.1, 0.15) is 18.8 Å². The van der Waals surface area contributed by atoms with Gasteiger partial charge in [0.2, 0.25) is 0 Å². The number of ether oxygens (including phenoxy) is 1. The summed E-state index contributed by atoms with van der Waals surface area (Å²) in [6.07, 6.45) is 16.9. The minimum atomic E-state index is -0.615. The van der Waals surface area contributed by atoms with Gasteiger partial charge in [-0.05, 0) is 124 Å². The number of aliphatic hydroxyl groups excluding tert-OH is 1. The van der Waals surface area contributed by atoms with Gasteiger partial charge in [-0.3, -0.25) is 14.9 Å². The quantitative estimate of drug-likeness (QED) is 0.0479. The van der Waals surface area contributed by atoms with Crippen molar-refractivity contribution in [1.82, 2.24) is 0 Å². The monoisotopic (exact) mass is 649 g/mol. The van der Waals surface area contributed by atoms with Crippen LogP contribution in [0.4, 0.5) is 17.1 Å². The Bertz CT molecular complexity index is 1440. The van der Waals surface area contributed by atoms with Gasteiger partial charge in [0.05, 0.1) is 16.6 Å².